The van der Waals surface area contributed by atoms with Gasteiger partial charge in [-0.2, -0.15) is 0 Å². The summed E-state index contributed by atoms with van der Waals surface area (Å²) in [4.78, 5) is 13.2. The third-order valence-electron chi connectivity index (χ3n) is 8.60. The van der Waals surface area contributed by atoms with Crippen LogP contribution in [0.15, 0.2) is 12.7 Å². The molecule has 0 heterocycles. The molecule has 3 aliphatic carbocycles. The third-order valence-corrected chi connectivity index (χ3v) is 8.60. The van der Waals surface area contributed by atoms with Crippen molar-refractivity contribution in [3.05, 3.63) is 12.7 Å². The van der Waals surface area contributed by atoms with E-state index in [1.54, 1.807) is 0 Å². The Bertz CT molecular complexity index is 550. The number of carbonyl (C=O) groups excluding carboxylic acids is 1. The second-order valence-corrected chi connectivity index (χ2v) is 10.2. The van der Waals surface area contributed by atoms with Gasteiger partial charge in [0.15, 0.2) is 5.78 Å². The van der Waals surface area contributed by atoms with E-state index in [2.05, 4.69) is 41.2 Å². The number of carbonyl (C=O) groups is 1. The first kappa shape index (κ1) is 17.2. The van der Waals surface area contributed by atoms with Gasteiger partial charge in [0.05, 0.1) is 0 Å². The minimum Gasteiger partial charge on any atom is -0.381 e. The first-order valence-corrected chi connectivity index (χ1v) is 9.34. The first-order chi connectivity index (χ1) is 10.4. The second-order valence-electron chi connectivity index (χ2n) is 10.2. The van der Waals surface area contributed by atoms with E-state index in [1.165, 1.54) is 12.8 Å². The molecule has 0 aromatic heterocycles. The molecule has 0 aromatic carbocycles. The molecule has 0 aliphatic heterocycles. The molecular formula is C21H34O2. The Balaban J connectivity index is 2.12. The van der Waals surface area contributed by atoms with Gasteiger partial charge in [0.2, 0.25) is 0 Å². The van der Waals surface area contributed by atoms with Crippen LogP contribution in [0.25, 0.3) is 0 Å². The van der Waals surface area contributed by atoms with Crippen molar-refractivity contribution in [3.63, 3.8) is 0 Å². The summed E-state index contributed by atoms with van der Waals surface area (Å²) in [5.74, 6) is 0.472. The molecule has 0 spiro atoms. The van der Waals surface area contributed by atoms with Gasteiger partial charge in [-0.3, -0.25) is 4.79 Å². The highest BCUT2D eigenvalue weighted by molar-refractivity contribution is 5.90. The smallest absolute Gasteiger partial charge is 0.165 e. The summed E-state index contributed by atoms with van der Waals surface area (Å²) in [5, 5.41) is 11.7. The van der Waals surface area contributed by atoms with Gasteiger partial charge in [0, 0.05) is 11.8 Å². The molecular weight excluding hydrogens is 284 g/mol. The monoisotopic (exact) mass is 318 g/mol. The molecule has 5 atom stereocenters. The molecule has 0 aromatic rings. The molecule has 130 valence electrons. The number of fused-ring (bicyclic) bond motifs is 3. The molecule has 0 radical (unpaired) electrons. The summed E-state index contributed by atoms with van der Waals surface area (Å²) >= 11 is 0. The van der Waals surface area contributed by atoms with E-state index >= 15 is 0 Å². The Morgan fingerprint density at radius 2 is 1.74 bits per heavy atom. The average molecular weight is 319 g/mol. The molecule has 1 N–H and O–H groups in total. The lowest BCUT2D eigenvalue weighted by Gasteiger charge is -2.69. The van der Waals surface area contributed by atoms with E-state index in [9.17, 15) is 9.90 Å². The predicted molar refractivity (Wildman–Crippen MR) is 94.1 cm³/mol. The average Bonchev–Trinajstić information content (AvgIpc) is 2.46. The normalized spacial score (nSPS) is 52.4. The van der Waals surface area contributed by atoms with Crippen LogP contribution in [0.1, 0.15) is 79.6 Å². The van der Waals surface area contributed by atoms with E-state index in [0.717, 1.165) is 19.3 Å². The summed E-state index contributed by atoms with van der Waals surface area (Å²) in [6.45, 7) is 15.3. The minimum atomic E-state index is -1.19. The molecule has 0 bridgehead atoms. The Hall–Kier alpha value is -0.630. The molecule has 3 rings (SSSR count). The number of aliphatic hydroxyl groups is 1. The van der Waals surface area contributed by atoms with Crippen LogP contribution in [0.5, 0.6) is 0 Å². The topological polar surface area (TPSA) is 37.3 Å². The van der Waals surface area contributed by atoms with E-state index in [4.69, 9.17) is 0 Å². The van der Waals surface area contributed by atoms with Crippen molar-refractivity contribution in [1.82, 2.24) is 0 Å². The molecule has 23 heavy (non-hydrogen) atoms. The van der Waals surface area contributed by atoms with Gasteiger partial charge in [-0.05, 0) is 54.3 Å². The quantitative estimate of drug-likeness (QED) is 0.698. The highest BCUT2D eigenvalue weighted by atomic mass is 16.3. The summed E-state index contributed by atoms with van der Waals surface area (Å²) in [7, 11) is 0. The van der Waals surface area contributed by atoms with E-state index in [1.807, 2.05) is 6.08 Å². The van der Waals surface area contributed by atoms with Crippen LogP contribution in [0.4, 0.5) is 0 Å². The first-order valence-electron chi connectivity index (χ1n) is 9.34. The van der Waals surface area contributed by atoms with Crippen molar-refractivity contribution in [2.75, 3.05) is 0 Å². The lowest BCUT2D eigenvalue weighted by Crippen LogP contribution is -2.71. The summed E-state index contributed by atoms with van der Waals surface area (Å²) < 4.78 is 0. The molecule has 2 heteroatoms. The van der Waals surface area contributed by atoms with Gasteiger partial charge in [0.25, 0.3) is 0 Å². The number of allylic oxidation sites excluding steroid dienone is 1. The van der Waals surface area contributed by atoms with Gasteiger partial charge < -0.3 is 5.11 Å². The number of ketones is 1. The number of hydrogen-bond donors (Lipinski definition) is 1. The SMILES string of the molecule is C=C[C@@]1(C)CC[C@]2(C)[C@@]3(C)CCCC(C)(C)[C@@H]3CC(=O)[C@@]2(O)C1. The van der Waals surface area contributed by atoms with Gasteiger partial charge in [0.1, 0.15) is 5.60 Å². The van der Waals surface area contributed by atoms with Crippen LogP contribution in [-0.2, 0) is 4.79 Å². The zero-order chi connectivity index (χ0) is 17.3. The van der Waals surface area contributed by atoms with Crippen molar-refractivity contribution in [2.24, 2.45) is 27.6 Å². The Kier molecular flexibility index (Phi) is 3.53. The zero-order valence-electron chi connectivity index (χ0n) is 15.7. The van der Waals surface area contributed by atoms with Gasteiger partial charge in [-0.15, -0.1) is 6.58 Å². The standard InChI is InChI=1S/C21H34O2/c1-7-18(4)11-12-20(6)19(5)10-8-9-17(2,3)15(19)13-16(22)21(20,23)14-18/h7,15,23H,1,8-14H2,2-6H3/t15-,18-,19-,20+,21-/m0/s1. The summed E-state index contributed by atoms with van der Waals surface area (Å²) in [6.07, 6.45) is 8.52. The zero-order valence-corrected chi connectivity index (χ0v) is 15.7. The van der Waals surface area contributed by atoms with E-state index < -0.39 is 5.60 Å². The van der Waals surface area contributed by atoms with Crippen molar-refractivity contribution >= 4 is 5.78 Å². The van der Waals surface area contributed by atoms with Crippen molar-refractivity contribution < 1.29 is 9.90 Å². The minimum absolute atomic E-state index is 0.0416. The largest absolute Gasteiger partial charge is 0.381 e. The molecule has 0 unspecified atom stereocenters. The molecule has 3 fully saturated rings. The van der Waals surface area contributed by atoms with Crippen LogP contribution in [-0.4, -0.2) is 16.5 Å². The van der Waals surface area contributed by atoms with Crippen LogP contribution in [0.2, 0.25) is 0 Å². The van der Waals surface area contributed by atoms with Gasteiger partial charge in [-0.25, -0.2) is 0 Å². The second kappa shape index (κ2) is 4.71. The molecule has 0 amide bonds. The fourth-order valence-corrected chi connectivity index (χ4v) is 6.59. The fraction of sp³-hybridized carbons (Fsp3) is 0.857. The summed E-state index contributed by atoms with van der Waals surface area (Å²) in [5.41, 5.74) is -1.41. The number of rotatable bonds is 1. The highest BCUT2D eigenvalue weighted by Gasteiger charge is 2.71. The predicted octanol–water partition coefficient (Wildman–Crippen LogP) is 4.91. The van der Waals surface area contributed by atoms with E-state index in [-0.39, 0.29) is 27.4 Å². The maximum Gasteiger partial charge on any atom is 0.165 e. The number of Topliss-reactive ketones (excluding diaryl/α,β-unsaturated/α-hetero) is 1. The maximum absolute atomic E-state index is 13.2. The third kappa shape index (κ3) is 2.00. The van der Waals surface area contributed by atoms with Crippen LogP contribution >= 0.6 is 0 Å². The van der Waals surface area contributed by atoms with Gasteiger partial charge >= 0.3 is 0 Å². The molecule has 3 aliphatic rings. The maximum atomic E-state index is 13.2. The lowest BCUT2D eigenvalue weighted by molar-refractivity contribution is -0.241. The van der Waals surface area contributed by atoms with Crippen LogP contribution in [0.3, 0.4) is 0 Å². The molecule has 2 nitrogen and oxygen atoms in total. The van der Waals surface area contributed by atoms with Crippen LogP contribution in [0, 0.1) is 27.6 Å². The Morgan fingerprint density at radius 1 is 1.09 bits per heavy atom. The van der Waals surface area contributed by atoms with E-state index in [0.29, 0.717) is 18.8 Å². The molecule has 3 saturated carbocycles. The Labute approximate surface area is 141 Å². The summed E-state index contributed by atoms with van der Waals surface area (Å²) in [6, 6.07) is 0. The van der Waals surface area contributed by atoms with Crippen LogP contribution < -0.4 is 0 Å². The Morgan fingerprint density at radius 3 is 2.35 bits per heavy atom. The lowest BCUT2D eigenvalue weighted by atomic mass is 9.36. The highest BCUT2D eigenvalue weighted by Crippen LogP contribution is 2.71. The fourth-order valence-electron chi connectivity index (χ4n) is 6.59. The van der Waals surface area contributed by atoms with Crippen molar-refractivity contribution in [2.45, 2.75) is 85.2 Å². The number of hydrogen-bond acceptors (Lipinski definition) is 2. The van der Waals surface area contributed by atoms with Crippen molar-refractivity contribution in [1.29, 1.82) is 0 Å². The molecule has 0 saturated heterocycles. The van der Waals surface area contributed by atoms with Crippen molar-refractivity contribution in [3.8, 4) is 0 Å². The van der Waals surface area contributed by atoms with Gasteiger partial charge in [-0.1, -0.05) is 47.1 Å².